The number of aromatic nitrogens is 1. The molecule has 0 bridgehead atoms. The third-order valence-corrected chi connectivity index (χ3v) is 4.87. The fourth-order valence-electron chi connectivity index (χ4n) is 2.33. The van der Waals surface area contributed by atoms with Gasteiger partial charge in [-0.25, -0.2) is 4.98 Å². The smallest absolute Gasteiger partial charge is 0.267 e. The standard InChI is InChI=1S/C20H20N2O2S/c1-13-4-8-16(9-5-13)22-20(23)19-15(3)21-18(25-19)12-24-17-10-6-14(2)7-11-17/h4-11H,12H2,1-3H3,(H,22,23). The van der Waals surface area contributed by atoms with E-state index in [9.17, 15) is 4.79 Å². The third kappa shape index (κ3) is 4.45. The van der Waals surface area contributed by atoms with Crippen LogP contribution in [-0.4, -0.2) is 10.9 Å². The molecule has 0 aliphatic heterocycles. The highest BCUT2D eigenvalue weighted by atomic mass is 32.1. The Kier molecular flexibility index (Phi) is 5.14. The highest BCUT2D eigenvalue weighted by Gasteiger charge is 2.16. The van der Waals surface area contributed by atoms with Gasteiger partial charge >= 0.3 is 0 Å². The van der Waals surface area contributed by atoms with E-state index in [1.165, 1.54) is 16.9 Å². The predicted molar refractivity (Wildman–Crippen MR) is 101 cm³/mol. The quantitative estimate of drug-likeness (QED) is 0.710. The van der Waals surface area contributed by atoms with Gasteiger partial charge in [0.15, 0.2) is 0 Å². The van der Waals surface area contributed by atoms with Crippen molar-refractivity contribution < 1.29 is 9.53 Å². The molecular formula is C20H20N2O2S. The Labute approximate surface area is 151 Å². The molecule has 2 aromatic carbocycles. The zero-order chi connectivity index (χ0) is 17.8. The van der Waals surface area contributed by atoms with E-state index in [1.54, 1.807) is 0 Å². The monoisotopic (exact) mass is 352 g/mol. The van der Waals surface area contributed by atoms with Crippen molar-refractivity contribution in [3.63, 3.8) is 0 Å². The van der Waals surface area contributed by atoms with E-state index in [-0.39, 0.29) is 5.91 Å². The molecule has 0 radical (unpaired) electrons. The van der Waals surface area contributed by atoms with E-state index in [0.717, 1.165) is 27.7 Å². The lowest BCUT2D eigenvalue weighted by Gasteiger charge is -2.04. The summed E-state index contributed by atoms with van der Waals surface area (Å²) in [6.07, 6.45) is 0. The molecule has 0 saturated carbocycles. The summed E-state index contributed by atoms with van der Waals surface area (Å²) in [5.41, 5.74) is 3.84. The van der Waals surface area contributed by atoms with Gasteiger partial charge in [0.2, 0.25) is 0 Å². The third-order valence-electron chi connectivity index (χ3n) is 3.74. The van der Waals surface area contributed by atoms with Crippen molar-refractivity contribution >= 4 is 22.9 Å². The van der Waals surface area contributed by atoms with E-state index in [2.05, 4.69) is 10.3 Å². The summed E-state index contributed by atoms with van der Waals surface area (Å²) in [6.45, 7) is 6.24. The molecular weight excluding hydrogens is 332 g/mol. The summed E-state index contributed by atoms with van der Waals surface area (Å²) in [5.74, 6) is 0.657. The van der Waals surface area contributed by atoms with Gasteiger partial charge < -0.3 is 10.1 Å². The number of rotatable bonds is 5. The fourth-order valence-corrected chi connectivity index (χ4v) is 3.20. The van der Waals surface area contributed by atoms with Crippen LogP contribution in [0.15, 0.2) is 48.5 Å². The lowest BCUT2D eigenvalue weighted by atomic mass is 10.2. The summed E-state index contributed by atoms with van der Waals surface area (Å²) in [4.78, 5) is 17.5. The van der Waals surface area contributed by atoms with Crippen molar-refractivity contribution in [1.82, 2.24) is 4.98 Å². The van der Waals surface area contributed by atoms with Crippen LogP contribution < -0.4 is 10.1 Å². The van der Waals surface area contributed by atoms with Gasteiger partial charge in [0, 0.05) is 5.69 Å². The molecule has 3 aromatic rings. The van der Waals surface area contributed by atoms with Crippen LogP contribution in [0, 0.1) is 20.8 Å². The van der Waals surface area contributed by atoms with Crippen LogP contribution in [0.25, 0.3) is 0 Å². The SMILES string of the molecule is Cc1ccc(NC(=O)c2sc(COc3ccc(C)cc3)nc2C)cc1. The number of carbonyl (C=O) groups is 1. The van der Waals surface area contributed by atoms with Crippen molar-refractivity contribution in [2.75, 3.05) is 5.32 Å². The summed E-state index contributed by atoms with van der Waals surface area (Å²) in [7, 11) is 0. The molecule has 1 N–H and O–H groups in total. The number of thiazole rings is 1. The molecule has 0 unspecified atom stereocenters. The number of nitrogens with one attached hydrogen (secondary N) is 1. The number of ether oxygens (including phenoxy) is 1. The first-order valence-electron chi connectivity index (χ1n) is 8.05. The zero-order valence-electron chi connectivity index (χ0n) is 14.5. The topological polar surface area (TPSA) is 51.2 Å². The Balaban J connectivity index is 1.65. The summed E-state index contributed by atoms with van der Waals surface area (Å²) in [5, 5.41) is 3.69. The van der Waals surface area contributed by atoms with Crippen LogP contribution in [0.2, 0.25) is 0 Å². The van der Waals surface area contributed by atoms with E-state index >= 15 is 0 Å². The number of anilines is 1. The largest absolute Gasteiger partial charge is 0.486 e. The Bertz CT molecular complexity index is 868. The van der Waals surface area contributed by atoms with Gasteiger partial charge in [0.05, 0.1) is 5.69 Å². The first-order valence-corrected chi connectivity index (χ1v) is 8.87. The molecule has 1 amide bonds. The average molecular weight is 352 g/mol. The van der Waals surface area contributed by atoms with Crippen LogP contribution in [0.1, 0.15) is 31.5 Å². The van der Waals surface area contributed by atoms with Crippen LogP contribution >= 0.6 is 11.3 Å². The molecule has 0 fully saturated rings. The number of hydrogen-bond acceptors (Lipinski definition) is 4. The van der Waals surface area contributed by atoms with Crippen molar-refractivity contribution in [1.29, 1.82) is 0 Å². The number of carbonyl (C=O) groups excluding carboxylic acids is 1. The van der Waals surface area contributed by atoms with Crippen LogP contribution in [0.5, 0.6) is 5.75 Å². The Morgan fingerprint density at radius 2 is 1.60 bits per heavy atom. The molecule has 0 spiro atoms. The predicted octanol–water partition coefficient (Wildman–Crippen LogP) is 4.90. The molecule has 128 valence electrons. The lowest BCUT2D eigenvalue weighted by molar-refractivity contribution is 0.103. The highest BCUT2D eigenvalue weighted by Crippen LogP contribution is 2.22. The minimum Gasteiger partial charge on any atom is -0.486 e. The molecule has 0 atom stereocenters. The van der Waals surface area contributed by atoms with E-state index < -0.39 is 0 Å². The van der Waals surface area contributed by atoms with Gasteiger partial charge in [-0.3, -0.25) is 4.79 Å². The maximum absolute atomic E-state index is 12.5. The van der Waals surface area contributed by atoms with Crippen molar-refractivity contribution in [2.24, 2.45) is 0 Å². The number of benzene rings is 2. The van der Waals surface area contributed by atoms with E-state index in [0.29, 0.717) is 11.5 Å². The van der Waals surface area contributed by atoms with Gasteiger partial charge in [0.25, 0.3) is 5.91 Å². The second kappa shape index (κ2) is 7.49. The Morgan fingerprint density at radius 3 is 2.24 bits per heavy atom. The molecule has 25 heavy (non-hydrogen) atoms. The van der Waals surface area contributed by atoms with Crippen molar-refractivity contribution in [3.05, 3.63) is 75.2 Å². The summed E-state index contributed by atoms with van der Waals surface area (Å²) in [6, 6.07) is 15.6. The van der Waals surface area contributed by atoms with Crippen molar-refractivity contribution in [2.45, 2.75) is 27.4 Å². The average Bonchev–Trinajstić information content (AvgIpc) is 2.97. The molecule has 0 aliphatic rings. The van der Waals surface area contributed by atoms with Crippen LogP contribution in [0.3, 0.4) is 0 Å². The molecule has 4 nitrogen and oxygen atoms in total. The Hall–Kier alpha value is -2.66. The van der Waals surface area contributed by atoms with Crippen LogP contribution in [0.4, 0.5) is 5.69 Å². The normalized spacial score (nSPS) is 10.5. The minimum absolute atomic E-state index is 0.138. The van der Waals surface area contributed by atoms with E-state index in [4.69, 9.17) is 4.74 Å². The summed E-state index contributed by atoms with van der Waals surface area (Å²) >= 11 is 1.36. The number of hydrogen-bond donors (Lipinski definition) is 1. The molecule has 1 heterocycles. The zero-order valence-corrected chi connectivity index (χ0v) is 15.3. The highest BCUT2D eigenvalue weighted by molar-refractivity contribution is 7.13. The van der Waals surface area contributed by atoms with Crippen molar-refractivity contribution in [3.8, 4) is 5.75 Å². The summed E-state index contributed by atoms with van der Waals surface area (Å²) < 4.78 is 5.74. The van der Waals surface area contributed by atoms with Gasteiger partial charge in [-0.2, -0.15) is 0 Å². The van der Waals surface area contributed by atoms with E-state index in [1.807, 2.05) is 69.3 Å². The second-order valence-electron chi connectivity index (χ2n) is 5.94. The first kappa shape index (κ1) is 17.2. The first-order chi connectivity index (χ1) is 12.0. The molecule has 0 saturated heterocycles. The molecule has 3 rings (SSSR count). The van der Waals surface area contributed by atoms with Crippen LogP contribution in [-0.2, 0) is 6.61 Å². The lowest BCUT2D eigenvalue weighted by Crippen LogP contribution is -2.11. The van der Waals surface area contributed by atoms with Gasteiger partial charge in [-0.1, -0.05) is 35.4 Å². The molecule has 5 heteroatoms. The van der Waals surface area contributed by atoms with Gasteiger partial charge in [-0.05, 0) is 45.0 Å². The minimum atomic E-state index is -0.138. The second-order valence-corrected chi connectivity index (χ2v) is 7.03. The number of aryl methyl sites for hydroxylation is 3. The van der Waals surface area contributed by atoms with Gasteiger partial charge in [0.1, 0.15) is 22.2 Å². The Morgan fingerprint density at radius 1 is 1.00 bits per heavy atom. The molecule has 0 aliphatic carbocycles. The molecule has 1 aromatic heterocycles. The fraction of sp³-hybridized carbons (Fsp3) is 0.200. The van der Waals surface area contributed by atoms with Gasteiger partial charge in [-0.15, -0.1) is 11.3 Å². The number of amides is 1. The maximum atomic E-state index is 12.5. The maximum Gasteiger partial charge on any atom is 0.267 e. The number of nitrogens with zero attached hydrogens (tertiary/aromatic N) is 1.